The smallest absolute Gasteiger partial charge is 0.263 e. The predicted octanol–water partition coefficient (Wildman–Crippen LogP) is 4.27. The minimum Gasteiger partial charge on any atom is -0.495 e. The number of hydrogen-bond acceptors (Lipinski definition) is 7. The van der Waals surface area contributed by atoms with E-state index in [1.807, 2.05) is 42.5 Å². The molecule has 0 amide bonds. The Hall–Kier alpha value is -3.32. The molecule has 152 valence electrons. The Morgan fingerprint density at radius 2 is 1.67 bits per heavy atom. The van der Waals surface area contributed by atoms with Crippen molar-refractivity contribution in [1.29, 1.82) is 0 Å². The number of piperazine rings is 1. The second-order valence-electron chi connectivity index (χ2n) is 7.06. The van der Waals surface area contributed by atoms with Crippen molar-refractivity contribution in [1.82, 2.24) is 15.1 Å². The van der Waals surface area contributed by atoms with Crippen molar-refractivity contribution >= 4 is 34.2 Å². The van der Waals surface area contributed by atoms with Crippen molar-refractivity contribution in [3.05, 3.63) is 59.9 Å². The maximum absolute atomic E-state index is 6.04. The zero-order valence-corrected chi connectivity index (χ0v) is 17.2. The van der Waals surface area contributed by atoms with Gasteiger partial charge in [0.2, 0.25) is 0 Å². The molecule has 0 N–H and O–H groups in total. The fraction of sp³-hybridized carbons (Fsp3) is 0.227. The summed E-state index contributed by atoms with van der Waals surface area (Å²) in [6, 6.07) is 15.6. The van der Waals surface area contributed by atoms with Gasteiger partial charge in [0.05, 0.1) is 12.8 Å². The number of nitrogens with zero attached hydrogens (tertiary/aromatic N) is 5. The summed E-state index contributed by atoms with van der Waals surface area (Å²) in [6.07, 6.45) is 1.53. The molecule has 3 heterocycles. The van der Waals surface area contributed by atoms with Crippen molar-refractivity contribution in [3.8, 4) is 17.0 Å². The van der Waals surface area contributed by atoms with E-state index in [0.717, 1.165) is 60.1 Å². The molecular weight excluding hydrogens is 402 g/mol. The molecule has 1 saturated heterocycles. The zero-order chi connectivity index (χ0) is 20.5. The van der Waals surface area contributed by atoms with Crippen molar-refractivity contribution in [2.75, 3.05) is 43.1 Å². The van der Waals surface area contributed by atoms with E-state index in [1.54, 1.807) is 7.11 Å². The van der Waals surface area contributed by atoms with Crippen molar-refractivity contribution in [2.45, 2.75) is 0 Å². The van der Waals surface area contributed by atoms with Gasteiger partial charge in [0.1, 0.15) is 29.0 Å². The monoisotopic (exact) mass is 421 g/mol. The maximum Gasteiger partial charge on any atom is 0.263 e. The standard InChI is InChI=1S/C22H20ClN5O2/c1-29-18-5-3-2-4-17(18)27-10-12-28(13-11-27)21-19-20(15-6-8-16(23)9-7-15)26-30-22(19)25-14-24-21/h2-9,14H,10-13H2,1H3. The summed E-state index contributed by atoms with van der Waals surface area (Å²) in [4.78, 5) is 13.4. The first-order valence-electron chi connectivity index (χ1n) is 9.74. The Labute approximate surface area is 178 Å². The van der Waals surface area contributed by atoms with E-state index in [1.165, 1.54) is 6.33 Å². The van der Waals surface area contributed by atoms with Gasteiger partial charge < -0.3 is 19.1 Å². The number of hydrogen-bond donors (Lipinski definition) is 0. The highest BCUT2D eigenvalue weighted by molar-refractivity contribution is 6.30. The minimum absolute atomic E-state index is 0.483. The Morgan fingerprint density at radius 3 is 2.43 bits per heavy atom. The summed E-state index contributed by atoms with van der Waals surface area (Å²) in [5.74, 6) is 1.73. The van der Waals surface area contributed by atoms with Crippen LogP contribution in [0, 0.1) is 0 Å². The molecule has 8 heteroatoms. The molecule has 1 aliphatic heterocycles. The minimum atomic E-state index is 0.483. The third kappa shape index (κ3) is 3.31. The van der Waals surface area contributed by atoms with Gasteiger partial charge in [-0.2, -0.15) is 4.98 Å². The summed E-state index contributed by atoms with van der Waals surface area (Å²) in [7, 11) is 1.71. The summed E-state index contributed by atoms with van der Waals surface area (Å²) in [5, 5.41) is 5.76. The van der Waals surface area contributed by atoms with E-state index < -0.39 is 0 Å². The molecule has 0 radical (unpaired) electrons. The van der Waals surface area contributed by atoms with E-state index >= 15 is 0 Å². The summed E-state index contributed by atoms with van der Waals surface area (Å²) in [6.45, 7) is 3.34. The van der Waals surface area contributed by atoms with Gasteiger partial charge in [0, 0.05) is 36.8 Å². The lowest BCUT2D eigenvalue weighted by Gasteiger charge is -2.37. The van der Waals surface area contributed by atoms with E-state index in [0.29, 0.717) is 10.7 Å². The number of ether oxygens (including phenoxy) is 1. The molecule has 1 aliphatic rings. The lowest BCUT2D eigenvalue weighted by atomic mass is 10.1. The zero-order valence-electron chi connectivity index (χ0n) is 16.5. The van der Waals surface area contributed by atoms with Crippen molar-refractivity contribution < 1.29 is 9.26 Å². The molecule has 30 heavy (non-hydrogen) atoms. The van der Waals surface area contributed by atoms with Crippen LogP contribution < -0.4 is 14.5 Å². The topological polar surface area (TPSA) is 67.5 Å². The van der Waals surface area contributed by atoms with E-state index in [9.17, 15) is 0 Å². The number of benzene rings is 2. The average Bonchev–Trinajstić information content (AvgIpc) is 3.24. The first-order valence-corrected chi connectivity index (χ1v) is 10.1. The van der Waals surface area contributed by atoms with Crippen LogP contribution in [0.1, 0.15) is 0 Å². The van der Waals surface area contributed by atoms with Crippen LogP contribution >= 0.6 is 11.6 Å². The van der Waals surface area contributed by atoms with Gasteiger partial charge in [-0.05, 0) is 24.3 Å². The van der Waals surface area contributed by atoms with Crippen molar-refractivity contribution in [2.24, 2.45) is 0 Å². The number of methoxy groups -OCH3 is 1. The molecule has 0 aliphatic carbocycles. The number of anilines is 2. The molecule has 2 aromatic carbocycles. The van der Waals surface area contributed by atoms with Crippen LogP contribution in [0.2, 0.25) is 5.02 Å². The first kappa shape index (κ1) is 18.7. The normalized spacial score (nSPS) is 14.3. The molecule has 7 nitrogen and oxygen atoms in total. The molecule has 0 unspecified atom stereocenters. The molecule has 5 rings (SSSR count). The average molecular weight is 422 g/mol. The Kier molecular flexibility index (Phi) is 4.88. The second-order valence-corrected chi connectivity index (χ2v) is 7.50. The van der Waals surface area contributed by atoms with Crippen LogP contribution in [0.5, 0.6) is 5.75 Å². The summed E-state index contributed by atoms with van der Waals surface area (Å²) in [5.41, 5.74) is 3.24. The number of fused-ring (bicyclic) bond motifs is 1. The van der Waals surface area contributed by atoms with Gasteiger partial charge in [-0.3, -0.25) is 0 Å². The van der Waals surface area contributed by atoms with Crippen LogP contribution in [0.15, 0.2) is 59.4 Å². The van der Waals surface area contributed by atoms with Gasteiger partial charge in [0.25, 0.3) is 5.71 Å². The van der Waals surface area contributed by atoms with Crippen LogP contribution in [0.25, 0.3) is 22.4 Å². The van der Waals surface area contributed by atoms with Crippen LogP contribution in [-0.4, -0.2) is 48.4 Å². The molecule has 0 saturated carbocycles. The molecular formula is C22H20ClN5O2. The van der Waals surface area contributed by atoms with E-state index in [-0.39, 0.29) is 0 Å². The third-order valence-corrected chi connectivity index (χ3v) is 5.63. The molecule has 0 atom stereocenters. The van der Waals surface area contributed by atoms with Gasteiger partial charge in [-0.15, -0.1) is 0 Å². The highest BCUT2D eigenvalue weighted by Gasteiger charge is 2.25. The van der Waals surface area contributed by atoms with E-state index in [2.05, 4.69) is 31.0 Å². The molecule has 4 aromatic rings. The number of rotatable bonds is 4. The third-order valence-electron chi connectivity index (χ3n) is 5.38. The Morgan fingerprint density at radius 1 is 0.933 bits per heavy atom. The van der Waals surface area contributed by atoms with Crippen molar-refractivity contribution in [3.63, 3.8) is 0 Å². The molecule has 1 fully saturated rings. The lowest BCUT2D eigenvalue weighted by Crippen LogP contribution is -2.47. The van der Waals surface area contributed by atoms with Crippen LogP contribution in [-0.2, 0) is 0 Å². The highest BCUT2D eigenvalue weighted by Crippen LogP contribution is 2.35. The fourth-order valence-corrected chi connectivity index (χ4v) is 3.99. The molecule has 0 bridgehead atoms. The Bertz CT molecular complexity index is 1170. The summed E-state index contributed by atoms with van der Waals surface area (Å²) >= 11 is 6.04. The number of para-hydroxylation sites is 2. The van der Waals surface area contributed by atoms with Gasteiger partial charge in [-0.1, -0.05) is 41.0 Å². The molecule has 2 aromatic heterocycles. The SMILES string of the molecule is COc1ccccc1N1CCN(c2ncnc3onc(-c4ccc(Cl)cc4)c23)CC1. The highest BCUT2D eigenvalue weighted by atomic mass is 35.5. The fourth-order valence-electron chi connectivity index (χ4n) is 3.87. The van der Waals surface area contributed by atoms with E-state index in [4.69, 9.17) is 20.9 Å². The van der Waals surface area contributed by atoms with Crippen LogP contribution in [0.3, 0.4) is 0 Å². The summed E-state index contributed by atoms with van der Waals surface area (Å²) < 4.78 is 11.0. The molecule has 0 spiro atoms. The number of halogens is 1. The Balaban J connectivity index is 1.45. The van der Waals surface area contributed by atoms with Crippen LogP contribution in [0.4, 0.5) is 11.5 Å². The predicted molar refractivity (Wildman–Crippen MR) is 117 cm³/mol. The maximum atomic E-state index is 6.04. The van der Waals surface area contributed by atoms with Gasteiger partial charge >= 0.3 is 0 Å². The lowest BCUT2D eigenvalue weighted by molar-refractivity contribution is 0.413. The second kappa shape index (κ2) is 7.84. The largest absolute Gasteiger partial charge is 0.495 e. The van der Waals surface area contributed by atoms with Gasteiger partial charge in [-0.25, -0.2) is 4.98 Å². The number of aromatic nitrogens is 3. The first-order chi connectivity index (χ1) is 14.7. The quantitative estimate of drug-likeness (QED) is 0.487. The van der Waals surface area contributed by atoms with Gasteiger partial charge in [0.15, 0.2) is 0 Å².